The number of unbranched alkanes of at least 4 members (excludes halogenated alkanes) is 8. The minimum absolute atomic E-state index is 0.00292. The van der Waals surface area contributed by atoms with Gasteiger partial charge in [0.2, 0.25) is 5.91 Å². The lowest BCUT2D eigenvalue weighted by Gasteiger charge is -2.09. The molecule has 26 heavy (non-hydrogen) atoms. The first-order chi connectivity index (χ1) is 12.8. The van der Waals surface area contributed by atoms with Crippen molar-refractivity contribution in [1.82, 2.24) is 5.32 Å². The summed E-state index contributed by atoms with van der Waals surface area (Å²) >= 11 is 0. The minimum Gasteiger partial charge on any atom is -0.494 e. The van der Waals surface area contributed by atoms with Crippen LogP contribution in [0.3, 0.4) is 0 Å². The summed E-state index contributed by atoms with van der Waals surface area (Å²) in [5.74, 6) is 0.867. The zero-order chi connectivity index (χ0) is 18.9. The van der Waals surface area contributed by atoms with Gasteiger partial charge in [0.05, 0.1) is 13.2 Å². The van der Waals surface area contributed by atoms with Crippen LogP contribution in [0.4, 0.5) is 5.69 Å². The second kappa shape index (κ2) is 15.7. The average molecular weight is 363 g/mol. The van der Waals surface area contributed by atoms with Crippen LogP contribution in [-0.2, 0) is 4.79 Å². The minimum atomic E-state index is 0.00292. The van der Waals surface area contributed by atoms with Gasteiger partial charge in [0, 0.05) is 5.69 Å². The van der Waals surface area contributed by atoms with E-state index < -0.39 is 0 Å². The van der Waals surface area contributed by atoms with Gasteiger partial charge in [-0.05, 0) is 43.7 Å². The van der Waals surface area contributed by atoms with Crippen molar-refractivity contribution < 1.29 is 9.53 Å². The first kappa shape index (κ1) is 22.5. The van der Waals surface area contributed by atoms with E-state index in [0.717, 1.165) is 37.4 Å². The van der Waals surface area contributed by atoms with Gasteiger partial charge in [-0.3, -0.25) is 4.79 Å². The maximum absolute atomic E-state index is 11.9. The van der Waals surface area contributed by atoms with Crippen molar-refractivity contribution in [2.75, 3.05) is 25.0 Å². The summed E-state index contributed by atoms with van der Waals surface area (Å²) in [6, 6.07) is 7.63. The molecule has 0 aliphatic heterocycles. The topological polar surface area (TPSA) is 50.4 Å². The number of hydrogen-bond donors (Lipinski definition) is 2. The number of anilines is 1. The Hall–Kier alpha value is -1.55. The van der Waals surface area contributed by atoms with Gasteiger partial charge < -0.3 is 15.4 Å². The Labute approximate surface area is 160 Å². The molecular formula is C22H38N2O2. The molecule has 0 heterocycles. The third-order valence-electron chi connectivity index (χ3n) is 4.40. The van der Waals surface area contributed by atoms with E-state index in [9.17, 15) is 4.79 Å². The number of carbonyl (C=O) groups is 1. The van der Waals surface area contributed by atoms with E-state index in [2.05, 4.69) is 24.5 Å². The van der Waals surface area contributed by atoms with Crippen LogP contribution in [0.1, 0.15) is 78.1 Å². The van der Waals surface area contributed by atoms with E-state index in [1.54, 1.807) is 0 Å². The standard InChI is InChI=1S/C22H38N2O2/c1-3-5-7-9-11-17-23-19-22(25)24-20-13-15-21(16-14-20)26-18-12-10-8-6-4-2/h13-16,23H,3-12,17-19H2,1-2H3,(H,24,25). The SMILES string of the molecule is CCCCCCCNCC(=O)Nc1ccc(OCCCCCCC)cc1. The molecule has 0 aromatic heterocycles. The molecule has 0 aliphatic rings. The van der Waals surface area contributed by atoms with Crippen molar-refractivity contribution in [3.63, 3.8) is 0 Å². The fourth-order valence-corrected chi connectivity index (χ4v) is 2.79. The van der Waals surface area contributed by atoms with Crippen LogP contribution in [0.15, 0.2) is 24.3 Å². The molecule has 0 aliphatic carbocycles. The van der Waals surface area contributed by atoms with Crippen LogP contribution < -0.4 is 15.4 Å². The number of hydrogen-bond acceptors (Lipinski definition) is 3. The molecule has 1 rings (SSSR count). The van der Waals surface area contributed by atoms with Crippen molar-refractivity contribution in [2.24, 2.45) is 0 Å². The Bertz CT molecular complexity index is 460. The molecule has 0 bridgehead atoms. The predicted molar refractivity (Wildman–Crippen MR) is 111 cm³/mol. The van der Waals surface area contributed by atoms with Gasteiger partial charge in [0.1, 0.15) is 5.75 Å². The molecule has 0 unspecified atom stereocenters. The molecule has 0 fully saturated rings. The van der Waals surface area contributed by atoms with Crippen LogP contribution in [0.25, 0.3) is 0 Å². The number of benzene rings is 1. The predicted octanol–water partition coefficient (Wildman–Crippen LogP) is 5.53. The third kappa shape index (κ3) is 11.9. The van der Waals surface area contributed by atoms with E-state index in [0.29, 0.717) is 6.54 Å². The highest BCUT2D eigenvalue weighted by Gasteiger charge is 2.02. The number of ether oxygens (including phenoxy) is 1. The second-order valence-electron chi connectivity index (χ2n) is 6.93. The van der Waals surface area contributed by atoms with E-state index in [-0.39, 0.29) is 5.91 Å². The molecule has 0 radical (unpaired) electrons. The summed E-state index contributed by atoms with van der Waals surface area (Å²) in [5, 5.41) is 6.12. The Balaban J connectivity index is 2.10. The molecule has 0 spiro atoms. The van der Waals surface area contributed by atoms with Crippen LogP contribution in [0, 0.1) is 0 Å². The maximum atomic E-state index is 11.9. The van der Waals surface area contributed by atoms with Gasteiger partial charge in [0.15, 0.2) is 0 Å². The van der Waals surface area contributed by atoms with Crippen molar-refractivity contribution in [3.05, 3.63) is 24.3 Å². The fourth-order valence-electron chi connectivity index (χ4n) is 2.79. The molecule has 148 valence electrons. The molecule has 4 nitrogen and oxygen atoms in total. The lowest BCUT2D eigenvalue weighted by atomic mass is 10.1. The van der Waals surface area contributed by atoms with Crippen LogP contribution in [0.2, 0.25) is 0 Å². The third-order valence-corrected chi connectivity index (χ3v) is 4.40. The van der Waals surface area contributed by atoms with Gasteiger partial charge >= 0.3 is 0 Å². The number of amides is 1. The molecule has 4 heteroatoms. The fraction of sp³-hybridized carbons (Fsp3) is 0.682. The largest absolute Gasteiger partial charge is 0.494 e. The van der Waals surface area contributed by atoms with Gasteiger partial charge in [-0.2, -0.15) is 0 Å². The smallest absolute Gasteiger partial charge is 0.238 e. The lowest BCUT2D eigenvalue weighted by molar-refractivity contribution is -0.115. The van der Waals surface area contributed by atoms with Crippen molar-refractivity contribution in [2.45, 2.75) is 78.1 Å². The first-order valence-electron chi connectivity index (χ1n) is 10.5. The van der Waals surface area contributed by atoms with E-state index in [1.165, 1.54) is 51.4 Å². The molecule has 0 atom stereocenters. The van der Waals surface area contributed by atoms with Crippen molar-refractivity contribution >= 4 is 11.6 Å². The summed E-state index contributed by atoms with van der Waals surface area (Å²) < 4.78 is 5.74. The first-order valence-corrected chi connectivity index (χ1v) is 10.5. The van der Waals surface area contributed by atoms with Crippen molar-refractivity contribution in [1.29, 1.82) is 0 Å². The zero-order valence-electron chi connectivity index (χ0n) is 16.8. The zero-order valence-corrected chi connectivity index (χ0v) is 16.8. The van der Waals surface area contributed by atoms with E-state index >= 15 is 0 Å². The molecule has 1 aromatic carbocycles. The van der Waals surface area contributed by atoms with Gasteiger partial charge in [-0.1, -0.05) is 65.2 Å². The normalized spacial score (nSPS) is 10.7. The number of nitrogens with one attached hydrogen (secondary N) is 2. The van der Waals surface area contributed by atoms with Gasteiger partial charge in [-0.15, -0.1) is 0 Å². The van der Waals surface area contributed by atoms with Crippen LogP contribution >= 0.6 is 0 Å². The summed E-state index contributed by atoms with van der Waals surface area (Å²) in [6.07, 6.45) is 12.4. The highest BCUT2D eigenvalue weighted by molar-refractivity contribution is 5.92. The Kier molecular flexibility index (Phi) is 13.6. The average Bonchev–Trinajstić information content (AvgIpc) is 2.65. The van der Waals surface area contributed by atoms with Gasteiger partial charge in [0.25, 0.3) is 0 Å². The van der Waals surface area contributed by atoms with Crippen molar-refractivity contribution in [3.8, 4) is 5.75 Å². The summed E-state index contributed by atoms with van der Waals surface area (Å²) in [6.45, 7) is 6.47. The second-order valence-corrected chi connectivity index (χ2v) is 6.93. The molecule has 2 N–H and O–H groups in total. The summed E-state index contributed by atoms with van der Waals surface area (Å²) in [4.78, 5) is 11.9. The Morgan fingerprint density at radius 3 is 2.12 bits per heavy atom. The molecule has 1 amide bonds. The summed E-state index contributed by atoms with van der Waals surface area (Å²) in [5.41, 5.74) is 0.815. The molecule has 0 saturated heterocycles. The highest BCUT2D eigenvalue weighted by atomic mass is 16.5. The van der Waals surface area contributed by atoms with E-state index in [1.807, 2.05) is 24.3 Å². The van der Waals surface area contributed by atoms with Crippen LogP contribution in [0.5, 0.6) is 5.75 Å². The van der Waals surface area contributed by atoms with E-state index in [4.69, 9.17) is 4.74 Å². The van der Waals surface area contributed by atoms with Gasteiger partial charge in [-0.25, -0.2) is 0 Å². The Morgan fingerprint density at radius 1 is 0.846 bits per heavy atom. The molecule has 0 saturated carbocycles. The number of rotatable bonds is 16. The molecule has 1 aromatic rings. The quantitative estimate of drug-likeness (QED) is 0.380. The highest BCUT2D eigenvalue weighted by Crippen LogP contribution is 2.16. The summed E-state index contributed by atoms with van der Waals surface area (Å²) in [7, 11) is 0. The van der Waals surface area contributed by atoms with Crippen LogP contribution in [-0.4, -0.2) is 25.6 Å². The lowest BCUT2D eigenvalue weighted by Crippen LogP contribution is -2.28. The Morgan fingerprint density at radius 2 is 1.46 bits per heavy atom. The monoisotopic (exact) mass is 362 g/mol. The molecular weight excluding hydrogens is 324 g/mol. The number of carbonyl (C=O) groups excluding carboxylic acids is 1. The maximum Gasteiger partial charge on any atom is 0.238 e.